The highest BCUT2D eigenvalue weighted by atomic mass is 79.9. The number of hydrogen-bond acceptors (Lipinski definition) is 6. The maximum Gasteiger partial charge on any atom is 0.285 e. The van der Waals surface area contributed by atoms with E-state index in [9.17, 15) is 9.59 Å². The van der Waals surface area contributed by atoms with Crippen molar-refractivity contribution >= 4 is 62.1 Å². The molecular formula is C25H19BrN2O4S2. The minimum Gasteiger partial charge on any atom is -0.493 e. The molecule has 0 spiro atoms. The Morgan fingerprint density at radius 2 is 1.82 bits per heavy atom. The summed E-state index contributed by atoms with van der Waals surface area (Å²) in [5.74, 6) is 0.324. The van der Waals surface area contributed by atoms with Crippen LogP contribution in [0.3, 0.4) is 0 Å². The summed E-state index contributed by atoms with van der Waals surface area (Å²) in [6, 6.07) is 21.9. The van der Waals surface area contributed by atoms with Crippen LogP contribution in [0.4, 0.5) is 0 Å². The normalized spacial score (nSPS) is 14.4. The second-order valence-corrected chi connectivity index (χ2v) is 9.74. The van der Waals surface area contributed by atoms with E-state index in [1.807, 2.05) is 36.4 Å². The van der Waals surface area contributed by atoms with E-state index in [1.54, 1.807) is 49.6 Å². The standard InChI is InChI=1S/C25H19BrN2O4S2/c1-31-21-13-17(9-12-20(21)32-15-16-7-10-19(26)11-8-16)14-22-24(30)28(25(33)34-22)27-23(29)18-5-3-2-4-6-18/h2-14H,15H2,1H3,(H,27,29)/b22-14-. The van der Waals surface area contributed by atoms with Crippen LogP contribution >= 0.6 is 39.9 Å². The van der Waals surface area contributed by atoms with E-state index in [0.717, 1.165) is 32.4 Å². The number of hydrazine groups is 1. The summed E-state index contributed by atoms with van der Waals surface area (Å²) in [6.07, 6.45) is 1.70. The third kappa shape index (κ3) is 5.67. The molecule has 172 valence electrons. The summed E-state index contributed by atoms with van der Waals surface area (Å²) in [4.78, 5) is 25.7. The van der Waals surface area contributed by atoms with Gasteiger partial charge in [-0.1, -0.05) is 64.1 Å². The van der Waals surface area contributed by atoms with Crippen LogP contribution in [-0.2, 0) is 11.4 Å². The maximum atomic E-state index is 12.9. The molecule has 0 atom stereocenters. The summed E-state index contributed by atoms with van der Waals surface area (Å²) in [5.41, 5.74) is 4.77. The van der Waals surface area contributed by atoms with Crippen molar-refractivity contribution in [3.8, 4) is 11.5 Å². The van der Waals surface area contributed by atoms with Crippen molar-refractivity contribution < 1.29 is 19.1 Å². The number of benzene rings is 3. The molecule has 34 heavy (non-hydrogen) atoms. The first-order valence-electron chi connectivity index (χ1n) is 10.1. The highest BCUT2D eigenvalue weighted by Gasteiger charge is 2.33. The second kappa shape index (κ2) is 10.9. The van der Waals surface area contributed by atoms with Gasteiger partial charge in [-0.2, -0.15) is 5.01 Å². The van der Waals surface area contributed by atoms with Gasteiger partial charge in [-0.05, 0) is 65.8 Å². The molecule has 3 aromatic rings. The molecule has 0 saturated carbocycles. The molecule has 0 aromatic heterocycles. The first-order chi connectivity index (χ1) is 16.4. The van der Waals surface area contributed by atoms with Crippen LogP contribution in [-0.4, -0.2) is 28.3 Å². The van der Waals surface area contributed by atoms with Crippen molar-refractivity contribution in [3.63, 3.8) is 0 Å². The van der Waals surface area contributed by atoms with E-state index in [1.165, 1.54) is 0 Å². The molecular weight excluding hydrogens is 536 g/mol. The summed E-state index contributed by atoms with van der Waals surface area (Å²) in [6.45, 7) is 0.392. The van der Waals surface area contributed by atoms with Gasteiger partial charge in [-0.3, -0.25) is 15.0 Å². The van der Waals surface area contributed by atoms with Gasteiger partial charge in [-0.25, -0.2) is 0 Å². The molecule has 1 N–H and O–H groups in total. The Labute approximate surface area is 215 Å². The van der Waals surface area contributed by atoms with Gasteiger partial charge in [-0.15, -0.1) is 0 Å². The number of carbonyl (C=O) groups is 2. The molecule has 4 rings (SSSR count). The van der Waals surface area contributed by atoms with Gasteiger partial charge < -0.3 is 9.47 Å². The number of amides is 2. The number of ether oxygens (including phenoxy) is 2. The topological polar surface area (TPSA) is 67.9 Å². The van der Waals surface area contributed by atoms with E-state index in [-0.39, 0.29) is 4.32 Å². The Kier molecular flexibility index (Phi) is 7.66. The quantitative estimate of drug-likeness (QED) is 0.303. The van der Waals surface area contributed by atoms with Crippen LogP contribution in [0.2, 0.25) is 0 Å². The molecule has 1 heterocycles. The van der Waals surface area contributed by atoms with Gasteiger partial charge in [0.2, 0.25) is 0 Å². The monoisotopic (exact) mass is 554 g/mol. The molecule has 2 amide bonds. The molecule has 1 fully saturated rings. The van der Waals surface area contributed by atoms with Gasteiger partial charge >= 0.3 is 0 Å². The number of methoxy groups -OCH3 is 1. The molecule has 0 radical (unpaired) electrons. The molecule has 1 aliphatic rings. The first kappa shape index (κ1) is 24.0. The van der Waals surface area contributed by atoms with Crippen molar-refractivity contribution in [3.05, 3.63) is 98.9 Å². The molecule has 0 unspecified atom stereocenters. The lowest BCUT2D eigenvalue weighted by Gasteiger charge is -2.15. The molecule has 3 aromatic carbocycles. The van der Waals surface area contributed by atoms with Crippen LogP contribution in [0, 0.1) is 0 Å². The molecule has 0 bridgehead atoms. The third-order valence-electron chi connectivity index (χ3n) is 4.84. The fourth-order valence-corrected chi connectivity index (χ4v) is 4.55. The molecule has 6 nitrogen and oxygen atoms in total. The number of carbonyl (C=O) groups excluding carboxylic acids is 2. The van der Waals surface area contributed by atoms with Crippen molar-refractivity contribution in [2.24, 2.45) is 0 Å². The number of nitrogens with one attached hydrogen (secondary N) is 1. The average Bonchev–Trinajstić information content (AvgIpc) is 3.11. The summed E-state index contributed by atoms with van der Waals surface area (Å²) in [5, 5.41) is 1.09. The third-order valence-corrected chi connectivity index (χ3v) is 6.67. The minimum absolute atomic E-state index is 0.252. The summed E-state index contributed by atoms with van der Waals surface area (Å²) >= 11 is 9.84. The predicted molar refractivity (Wildman–Crippen MR) is 140 cm³/mol. The number of nitrogens with zero attached hydrogens (tertiary/aromatic N) is 1. The number of rotatable bonds is 7. The van der Waals surface area contributed by atoms with Gasteiger partial charge in [0.1, 0.15) is 6.61 Å². The second-order valence-electron chi connectivity index (χ2n) is 7.15. The van der Waals surface area contributed by atoms with E-state index in [4.69, 9.17) is 21.7 Å². The minimum atomic E-state index is -0.410. The fourth-order valence-electron chi connectivity index (χ4n) is 3.11. The summed E-state index contributed by atoms with van der Waals surface area (Å²) < 4.78 is 12.6. The molecule has 1 saturated heterocycles. The Hall–Kier alpha value is -3.14. The number of hydrogen-bond donors (Lipinski definition) is 1. The van der Waals surface area contributed by atoms with E-state index in [2.05, 4.69) is 21.4 Å². The predicted octanol–water partition coefficient (Wildman–Crippen LogP) is 5.58. The van der Waals surface area contributed by atoms with Crippen molar-refractivity contribution in [1.29, 1.82) is 0 Å². The van der Waals surface area contributed by atoms with Gasteiger partial charge in [0.05, 0.1) is 12.0 Å². The largest absolute Gasteiger partial charge is 0.493 e. The Morgan fingerprint density at radius 3 is 2.53 bits per heavy atom. The highest BCUT2D eigenvalue weighted by Crippen LogP contribution is 2.34. The van der Waals surface area contributed by atoms with Gasteiger partial charge in [0.25, 0.3) is 11.8 Å². The zero-order valence-electron chi connectivity index (χ0n) is 18.0. The Bertz CT molecular complexity index is 1260. The molecule has 1 aliphatic heterocycles. The number of halogens is 1. The fraction of sp³-hybridized carbons (Fsp3) is 0.0800. The van der Waals surface area contributed by atoms with Crippen molar-refractivity contribution in [2.75, 3.05) is 7.11 Å². The first-order valence-corrected chi connectivity index (χ1v) is 12.2. The SMILES string of the molecule is COc1cc(/C=C2\SC(=S)N(NC(=O)c3ccccc3)C2=O)ccc1OCc1ccc(Br)cc1. The number of thioether (sulfide) groups is 1. The van der Waals surface area contributed by atoms with Crippen LogP contribution in [0.15, 0.2) is 82.2 Å². The van der Waals surface area contributed by atoms with E-state index >= 15 is 0 Å². The van der Waals surface area contributed by atoms with Gasteiger partial charge in [0.15, 0.2) is 15.8 Å². The van der Waals surface area contributed by atoms with E-state index < -0.39 is 11.8 Å². The zero-order chi connectivity index (χ0) is 24.1. The highest BCUT2D eigenvalue weighted by molar-refractivity contribution is 9.10. The molecule has 9 heteroatoms. The van der Waals surface area contributed by atoms with Crippen molar-refractivity contribution in [2.45, 2.75) is 6.61 Å². The Morgan fingerprint density at radius 1 is 1.09 bits per heavy atom. The lowest BCUT2D eigenvalue weighted by atomic mass is 10.2. The van der Waals surface area contributed by atoms with Crippen LogP contribution in [0.25, 0.3) is 6.08 Å². The zero-order valence-corrected chi connectivity index (χ0v) is 21.2. The number of thiocarbonyl (C=S) groups is 1. The summed E-state index contributed by atoms with van der Waals surface area (Å²) in [7, 11) is 1.56. The lowest BCUT2D eigenvalue weighted by Crippen LogP contribution is -2.44. The van der Waals surface area contributed by atoms with Crippen molar-refractivity contribution in [1.82, 2.24) is 10.4 Å². The molecule has 0 aliphatic carbocycles. The smallest absolute Gasteiger partial charge is 0.285 e. The van der Waals surface area contributed by atoms with E-state index in [0.29, 0.717) is 28.6 Å². The van der Waals surface area contributed by atoms with Crippen LogP contribution in [0.1, 0.15) is 21.5 Å². The van der Waals surface area contributed by atoms with Gasteiger partial charge in [0, 0.05) is 10.0 Å². The maximum absolute atomic E-state index is 12.9. The van der Waals surface area contributed by atoms with Crippen LogP contribution in [0.5, 0.6) is 11.5 Å². The average molecular weight is 555 g/mol. The lowest BCUT2D eigenvalue weighted by molar-refractivity contribution is -0.123. The Balaban J connectivity index is 1.46. The van der Waals surface area contributed by atoms with Crippen LogP contribution < -0.4 is 14.9 Å².